The number of carbonyl (C=O) groups excluding carboxylic acids is 1. The molecule has 0 atom stereocenters. The first-order chi connectivity index (χ1) is 8.94. The lowest BCUT2D eigenvalue weighted by atomic mass is 10.0. The van der Waals surface area contributed by atoms with Crippen molar-refractivity contribution >= 4 is 32.6 Å². The van der Waals surface area contributed by atoms with Gasteiger partial charge in [0.1, 0.15) is 5.82 Å². The van der Waals surface area contributed by atoms with E-state index in [2.05, 4.69) is 21.2 Å². The maximum Gasteiger partial charge on any atom is 0.252 e. The zero-order chi connectivity index (χ0) is 14.0. The number of nitrogens with one attached hydrogen (secondary N) is 1. The average molecular weight is 324 g/mol. The van der Waals surface area contributed by atoms with Gasteiger partial charge in [-0.25, -0.2) is 4.39 Å². The SMILES string of the molecule is CC(C)(CBr)NC(=O)c1ccc(F)c2ccccc12. The van der Waals surface area contributed by atoms with Gasteiger partial charge in [0.25, 0.3) is 5.91 Å². The predicted molar refractivity (Wildman–Crippen MR) is 79.2 cm³/mol. The molecule has 0 aliphatic rings. The molecule has 0 radical (unpaired) electrons. The minimum absolute atomic E-state index is 0.194. The smallest absolute Gasteiger partial charge is 0.252 e. The first kappa shape index (κ1) is 14.0. The molecule has 0 bridgehead atoms. The molecule has 0 fully saturated rings. The lowest BCUT2D eigenvalue weighted by molar-refractivity contribution is 0.0923. The summed E-state index contributed by atoms with van der Waals surface area (Å²) in [6, 6.07) is 9.85. The highest BCUT2D eigenvalue weighted by molar-refractivity contribution is 9.09. The zero-order valence-electron chi connectivity index (χ0n) is 10.8. The second-order valence-electron chi connectivity index (χ2n) is 5.11. The normalized spacial score (nSPS) is 11.6. The maximum absolute atomic E-state index is 13.7. The summed E-state index contributed by atoms with van der Waals surface area (Å²) < 4.78 is 13.7. The molecule has 2 nitrogen and oxygen atoms in total. The van der Waals surface area contributed by atoms with E-state index in [0.29, 0.717) is 21.7 Å². The van der Waals surface area contributed by atoms with Crippen molar-refractivity contribution in [3.63, 3.8) is 0 Å². The van der Waals surface area contributed by atoms with Gasteiger partial charge in [0.15, 0.2) is 0 Å². The van der Waals surface area contributed by atoms with Crippen LogP contribution in [-0.4, -0.2) is 16.8 Å². The van der Waals surface area contributed by atoms with Gasteiger partial charge in [0.2, 0.25) is 0 Å². The highest BCUT2D eigenvalue weighted by Crippen LogP contribution is 2.22. The fourth-order valence-corrected chi connectivity index (χ4v) is 2.01. The number of carbonyl (C=O) groups is 1. The van der Waals surface area contributed by atoms with Crippen LogP contribution in [0.4, 0.5) is 4.39 Å². The van der Waals surface area contributed by atoms with Crippen molar-refractivity contribution in [3.05, 3.63) is 47.8 Å². The van der Waals surface area contributed by atoms with Crippen LogP contribution in [0.15, 0.2) is 36.4 Å². The van der Waals surface area contributed by atoms with Crippen molar-refractivity contribution < 1.29 is 9.18 Å². The molecule has 0 aliphatic carbocycles. The quantitative estimate of drug-likeness (QED) is 0.853. The van der Waals surface area contributed by atoms with Gasteiger partial charge < -0.3 is 5.32 Å². The van der Waals surface area contributed by atoms with Gasteiger partial charge in [-0.2, -0.15) is 0 Å². The van der Waals surface area contributed by atoms with Crippen molar-refractivity contribution in [2.24, 2.45) is 0 Å². The Balaban J connectivity index is 2.46. The third-order valence-corrected chi connectivity index (χ3v) is 4.30. The summed E-state index contributed by atoms with van der Waals surface area (Å²) in [5.41, 5.74) is 0.137. The van der Waals surface area contributed by atoms with E-state index in [1.54, 1.807) is 24.3 Å². The number of fused-ring (bicyclic) bond motifs is 1. The minimum Gasteiger partial charge on any atom is -0.346 e. The third kappa shape index (κ3) is 2.95. The van der Waals surface area contributed by atoms with Crippen LogP contribution in [-0.2, 0) is 0 Å². The fourth-order valence-electron chi connectivity index (χ4n) is 1.87. The molecule has 2 aromatic rings. The summed E-state index contributed by atoms with van der Waals surface area (Å²) in [6.07, 6.45) is 0. The number of hydrogen-bond donors (Lipinski definition) is 1. The van der Waals surface area contributed by atoms with E-state index in [1.807, 2.05) is 13.8 Å². The van der Waals surface area contributed by atoms with E-state index >= 15 is 0 Å². The molecular formula is C15H15BrFNO. The van der Waals surface area contributed by atoms with Gasteiger partial charge >= 0.3 is 0 Å². The molecule has 0 saturated carbocycles. The van der Waals surface area contributed by atoms with Crippen LogP contribution >= 0.6 is 15.9 Å². The Morgan fingerprint density at radius 1 is 1.21 bits per heavy atom. The highest BCUT2D eigenvalue weighted by atomic mass is 79.9. The maximum atomic E-state index is 13.7. The topological polar surface area (TPSA) is 29.1 Å². The van der Waals surface area contributed by atoms with Crippen LogP contribution in [0, 0.1) is 5.82 Å². The summed E-state index contributed by atoms with van der Waals surface area (Å²) in [5.74, 6) is -0.507. The van der Waals surface area contributed by atoms with Crippen LogP contribution in [0.3, 0.4) is 0 Å². The van der Waals surface area contributed by atoms with Crippen molar-refractivity contribution in [1.29, 1.82) is 0 Å². The van der Waals surface area contributed by atoms with Crippen LogP contribution < -0.4 is 5.32 Å². The number of amides is 1. The molecule has 19 heavy (non-hydrogen) atoms. The molecular weight excluding hydrogens is 309 g/mol. The van der Waals surface area contributed by atoms with Crippen LogP contribution in [0.1, 0.15) is 24.2 Å². The molecule has 0 unspecified atom stereocenters. The summed E-state index contributed by atoms with van der Waals surface area (Å²) in [7, 11) is 0. The van der Waals surface area contributed by atoms with Gasteiger partial charge in [-0.3, -0.25) is 4.79 Å². The molecule has 4 heteroatoms. The molecule has 0 aromatic heterocycles. The third-order valence-electron chi connectivity index (χ3n) is 2.90. The molecule has 2 aromatic carbocycles. The van der Waals surface area contributed by atoms with E-state index < -0.39 is 0 Å². The van der Waals surface area contributed by atoms with Crippen molar-refractivity contribution in [3.8, 4) is 0 Å². The van der Waals surface area contributed by atoms with E-state index in [4.69, 9.17) is 0 Å². The summed E-state index contributed by atoms with van der Waals surface area (Å²) in [5, 5.41) is 4.66. The summed E-state index contributed by atoms with van der Waals surface area (Å²) >= 11 is 3.36. The van der Waals surface area contributed by atoms with Gasteiger partial charge in [0.05, 0.1) is 0 Å². The highest BCUT2D eigenvalue weighted by Gasteiger charge is 2.21. The van der Waals surface area contributed by atoms with E-state index in [9.17, 15) is 9.18 Å². The van der Waals surface area contributed by atoms with Crippen LogP contribution in [0.25, 0.3) is 10.8 Å². The van der Waals surface area contributed by atoms with E-state index in [-0.39, 0.29) is 17.3 Å². The van der Waals surface area contributed by atoms with Crippen molar-refractivity contribution in [2.75, 3.05) is 5.33 Å². The number of rotatable bonds is 3. The number of benzene rings is 2. The zero-order valence-corrected chi connectivity index (χ0v) is 12.4. The van der Waals surface area contributed by atoms with E-state index in [1.165, 1.54) is 12.1 Å². The Kier molecular flexibility index (Phi) is 3.90. The molecule has 0 heterocycles. The lowest BCUT2D eigenvalue weighted by Crippen LogP contribution is -2.44. The molecule has 1 amide bonds. The van der Waals surface area contributed by atoms with Gasteiger partial charge in [-0.15, -0.1) is 0 Å². The van der Waals surface area contributed by atoms with Gasteiger partial charge in [0, 0.05) is 21.8 Å². The first-order valence-electron chi connectivity index (χ1n) is 6.00. The number of hydrogen-bond acceptors (Lipinski definition) is 1. The number of alkyl halides is 1. The molecule has 0 spiro atoms. The molecule has 2 rings (SSSR count). The van der Waals surface area contributed by atoms with Gasteiger partial charge in [-0.05, 0) is 31.4 Å². The summed E-state index contributed by atoms with van der Waals surface area (Å²) in [4.78, 5) is 12.3. The molecule has 0 saturated heterocycles. The standard InChI is InChI=1S/C15H15BrFNO/c1-15(2,9-16)18-14(19)12-7-8-13(17)11-6-4-3-5-10(11)12/h3-8H,9H2,1-2H3,(H,18,19). The lowest BCUT2D eigenvalue weighted by Gasteiger charge is -2.24. The van der Waals surface area contributed by atoms with Crippen LogP contribution in [0.5, 0.6) is 0 Å². The average Bonchev–Trinajstić information content (AvgIpc) is 2.39. The second-order valence-corrected chi connectivity index (χ2v) is 5.67. The molecule has 100 valence electrons. The second kappa shape index (κ2) is 5.29. The Labute approximate surface area is 120 Å². The Hall–Kier alpha value is -1.42. The Morgan fingerprint density at radius 2 is 1.84 bits per heavy atom. The Bertz CT molecular complexity index is 625. The number of halogens is 2. The van der Waals surface area contributed by atoms with Crippen molar-refractivity contribution in [2.45, 2.75) is 19.4 Å². The molecule has 1 N–H and O–H groups in total. The molecule has 0 aliphatic heterocycles. The monoisotopic (exact) mass is 323 g/mol. The van der Waals surface area contributed by atoms with Crippen LogP contribution in [0.2, 0.25) is 0 Å². The summed E-state index contributed by atoms with van der Waals surface area (Å²) in [6.45, 7) is 3.84. The minimum atomic E-state index is -0.355. The first-order valence-corrected chi connectivity index (χ1v) is 7.12. The van der Waals surface area contributed by atoms with E-state index in [0.717, 1.165) is 0 Å². The Morgan fingerprint density at radius 3 is 2.47 bits per heavy atom. The fraction of sp³-hybridized carbons (Fsp3) is 0.267. The predicted octanol–water partition coefficient (Wildman–Crippen LogP) is 3.88. The largest absolute Gasteiger partial charge is 0.346 e. The van der Waals surface area contributed by atoms with Crippen molar-refractivity contribution in [1.82, 2.24) is 5.32 Å². The van der Waals surface area contributed by atoms with Gasteiger partial charge in [-0.1, -0.05) is 40.2 Å².